The van der Waals surface area contributed by atoms with Gasteiger partial charge in [0.15, 0.2) is 0 Å². The van der Waals surface area contributed by atoms with Gasteiger partial charge in [-0.2, -0.15) is 4.37 Å². The standard InChI is InChI=1S/C18H16N6OS/c25-17(23-11-9-22(10-12-23)15-7-3-4-8-19-15)16-21-26-18-20-13-5-1-2-6-14(13)24(16)18/h1-8H,9-12H2. The second-order valence-corrected chi connectivity index (χ2v) is 6.92. The Hall–Kier alpha value is -3.00. The number of benzene rings is 1. The van der Waals surface area contributed by atoms with Crippen molar-refractivity contribution in [1.82, 2.24) is 23.6 Å². The van der Waals surface area contributed by atoms with E-state index >= 15 is 0 Å². The number of carbonyl (C=O) groups excluding carboxylic acids is 1. The number of para-hydroxylation sites is 2. The van der Waals surface area contributed by atoms with Crippen LogP contribution in [0.1, 0.15) is 10.6 Å². The van der Waals surface area contributed by atoms with Gasteiger partial charge in [0.25, 0.3) is 5.91 Å². The molecule has 3 aromatic heterocycles. The van der Waals surface area contributed by atoms with Gasteiger partial charge in [0, 0.05) is 43.9 Å². The molecule has 0 atom stereocenters. The second-order valence-electron chi connectivity index (χ2n) is 6.19. The molecule has 5 rings (SSSR count). The molecule has 1 amide bonds. The smallest absolute Gasteiger partial charge is 0.291 e. The van der Waals surface area contributed by atoms with Gasteiger partial charge in [0.05, 0.1) is 11.0 Å². The van der Waals surface area contributed by atoms with Crippen LogP contribution in [0.15, 0.2) is 48.7 Å². The zero-order chi connectivity index (χ0) is 17.5. The van der Waals surface area contributed by atoms with Crippen LogP contribution < -0.4 is 4.90 Å². The molecule has 26 heavy (non-hydrogen) atoms. The van der Waals surface area contributed by atoms with Gasteiger partial charge >= 0.3 is 0 Å². The molecule has 4 heterocycles. The lowest BCUT2D eigenvalue weighted by Gasteiger charge is -2.35. The number of piperazine rings is 1. The van der Waals surface area contributed by atoms with Gasteiger partial charge in [-0.3, -0.25) is 9.20 Å². The van der Waals surface area contributed by atoms with Crippen LogP contribution in [0.3, 0.4) is 0 Å². The minimum atomic E-state index is -0.0416. The fourth-order valence-electron chi connectivity index (χ4n) is 3.35. The highest BCUT2D eigenvalue weighted by molar-refractivity contribution is 7.11. The summed E-state index contributed by atoms with van der Waals surface area (Å²) in [5.41, 5.74) is 1.81. The SMILES string of the molecule is O=C(c1nsc2nc3ccccc3n12)N1CCN(c2ccccn2)CC1. The number of hydrogen-bond donors (Lipinski definition) is 0. The van der Waals surface area contributed by atoms with Gasteiger partial charge in [0.1, 0.15) is 5.82 Å². The van der Waals surface area contributed by atoms with Crippen molar-refractivity contribution in [3.63, 3.8) is 0 Å². The number of anilines is 1. The van der Waals surface area contributed by atoms with Gasteiger partial charge < -0.3 is 9.80 Å². The molecule has 1 aliphatic heterocycles. The molecule has 0 bridgehead atoms. The number of nitrogens with zero attached hydrogens (tertiary/aromatic N) is 6. The van der Waals surface area contributed by atoms with Gasteiger partial charge in [-0.05, 0) is 24.3 Å². The first kappa shape index (κ1) is 15.3. The summed E-state index contributed by atoms with van der Waals surface area (Å²) in [7, 11) is 0. The summed E-state index contributed by atoms with van der Waals surface area (Å²) in [4.78, 5) is 26.8. The van der Waals surface area contributed by atoms with E-state index in [0.717, 1.165) is 34.9 Å². The molecule has 4 aromatic rings. The number of amides is 1. The summed E-state index contributed by atoms with van der Waals surface area (Å²) in [6.45, 7) is 2.84. The molecule has 1 saturated heterocycles. The highest BCUT2D eigenvalue weighted by Gasteiger charge is 2.27. The summed E-state index contributed by atoms with van der Waals surface area (Å²) in [5, 5.41) is 0. The minimum Gasteiger partial charge on any atom is -0.353 e. The fraction of sp³-hybridized carbons (Fsp3) is 0.222. The Morgan fingerprint density at radius 3 is 2.62 bits per heavy atom. The lowest BCUT2D eigenvalue weighted by atomic mass is 10.3. The molecule has 130 valence electrons. The summed E-state index contributed by atoms with van der Waals surface area (Å²) in [6, 6.07) is 13.7. The maximum atomic E-state index is 13.0. The van der Waals surface area contributed by atoms with Crippen LogP contribution in [0, 0.1) is 0 Å². The zero-order valence-corrected chi connectivity index (χ0v) is 14.8. The first-order chi connectivity index (χ1) is 12.8. The van der Waals surface area contributed by atoms with Crippen molar-refractivity contribution in [2.75, 3.05) is 31.1 Å². The van der Waals surface area contributed by atoms with Gasteiger partial charge in [-0.25, -0.2) is 9.97 Å². The Balaban J connectivity index is 1.40. The quantitative estimate of drug-likeness (QED) is 0.546. The molecule has 7 nitrogen and oxygen atoms in total. The van der Waals surface area contributed by atoms with Crippen molar-refractivity contribution in [2.24, 2.45) is 0 Å². The number of aromatic nitrogens is 4. The van der Waals surface area contributed by atoms with E-state index in [1.807, 2.05) is 51.8 Å². The predicted octanol–water partition coefficient (Wildman–Crippen LogP) is 2.30. The van der Waals surface area contributed by atoms with Crippen molar-refractivity contribution >= 4 is 39.3 Å². The lowest BCUT2D eigenvalue weighted by molar-refractivity contribution is 0.0734. The molecular weight excluding hydrogens is 348 g/mol. The third-order valence-corrected chi connectivity index (χ3v) is 5.39. The van der Waals surface area contributed by atoms with Crippen molar-refractivity contribution in [3.05, 3.63) is 54.5 Å². The van der Waals surface area contributed by atoms with Crippen LogP contribution in [0.25, 0.3) is 16.0 Å². The molecule has 1 fully saturated rings. The monoisotopic (exact) mass is 364 g/mol. The molecule has 0 N–H and O–H groups in total. The van der Waals surface area contributed by atoms with Crippen molar-refractivity contribution in [2.45, 2.75) is 0 Å². The molecule has 1 aromatic carbocycles. The average molecular weight is 364 g/mol. The summed E-state index contributed by atoms with van der Waals surface area (Å²) < 4.78 is 6.25. The number of carbonyl (C=O) groups is 1. The molecule has 8 heteroatoms. The highest BCUT2D eigenvalue weighted by atomic mass is 32.1. The number of hydrogen-bond acceptors (Lipinski definition) is 6. The van der Waals surface area contributed by atoms with E-state index in [0.29, 0.717) is 18.9 Å². The topological polar surface area (TPSA) is 66.6 Å². The largest absolute Gasteiger partial charge is 0.353 e. The van der Waals surface area contributed by atoms with E-state index in [4.69, 9.17) is 0 Å². The Morgan fingerprint density at radius 2 is 1.81 bits per heavy atom. The predicted molar refractivity (Wildman–Crippen MR) is 101 cm³/mol. The van der Waals surface area contributed by atoms with Crippen LogP contribution in [-0.2, 0) is 0 Å². The Labute approximate surface area is 153 Å². The van der Waals surface area contributed by atoms with E-state index in [1.165, 1.54) is 11.5 Å². The van der Waals surface area contributed by atoms with Crippen molar-refractivity contribution < 1.29 is 4.79 Å². The van der Waals surface area contributed by atoms with Gasteiger partial charge in [0.2, 0.25) is 10.8 Å². The van der Waals surface area contributed by atoms with Crippen LogP contribution in [0.4, 0.5) is 5.82 Å². The molecule has 0 saturated carbocycles. The molecule has 0 radical (unpaired) electrons. The van der Waals surface area contributed by atoms with E-state index in [9.17, 15) is 4.79 Å². The van der Waals surface area contributed by atoms with Crippen LogP contribution >= 0.6 is 11.5 Å². The number of rotatable bonds is 2. The van der Waals surface area contributed by atoms with E-state index in [2.05, 4.69) is 19.2 Å². The van der Waals surface area contributed by atoms with Gasteiger partial charge in [-0.1, -0.05) is 18.2 Å². The first-order valence-electron chi connectivity index (χ1n) is 8.49. The Morgan fingerprint density at radius 1 is 1.00 bits per heavy atom. The number of pyridine rings is 1. The third kappa shape index (κ3) is 2.41. The number of fused-ring (bicyclic) bond motifs is 3. The van der Waals surface area contributed by atoms with Crippen molar-refractivity contribution in [3.8, 4) is 0 Å². The Bertz CT molecular complexity index is 1080. The first-order valence-corrected chi connectivity index (χ1v) is 9.27. The van der Waals surface area contributed by atoms with Crippen LogP contribution in [0.2, 0.25) is 0 Å². The summed E-state index contributed by atoms with van der Waals surface area (Å²) in [5.74, 6) is 1.36. The van der Waals surface area contributed by atoms with Crippen molar-refractivity contribution in [1.29, 1.82) is 0 Å². The molecular formula is C18H16N6OS. The van der Waals surface area contributed by atoms with Crippen LogP contribution in [-0.4, -0.2) is 55.7 Å². The third-order valence-electron chi connectivity index (χ3n) is 4.69. The summed E-state index contributed by atoms with van der Waals surface area (Å²) in [6.07, 6.45) is 1.79. The zero-order valence-electron chi connectivity index (χ0n) is 13.9. The Kier molecular flexibility index (Phi) is 3.56. The average Bonchev–Trinajstić information content (AvgIpc) is 3.27. The summed E-state index contributed by atoms with van der Waals surface area (Å²) >= 11 is 1.26. The fourth-order valence-corrected chi connectivity index (χ4v) is 4.08. The highest BCUT2D eigenvalue weighted by Crippen LogP contribution is 2.22. The van der Waals surface area contributed by atoms with E-state index < -0.39 is 0 Å². The van der Waals surface area contributed by atoms with E-state index in [1.54, 1.807) is 6.20 Å². The van der Waals surface area contributed by atoms with E-state index in [-0.39, 0.29) is 5.91 Å². The minimum absolute atomic E-state index is 0.0416. The molecule has 0 spiro atoms. The van der Waals surface area contributed by atoms with Crippen LogP contribution in [0.5, 0.6) is 0 Å². The molecule has 0 aliphatic carbocycles. The maximum Gasteiger partial charge on any atom is 0.291 e. The number of imidazole rings is 1. The molecule has 0 unspecified atom stereocenters. The molecule has 1 aliphatic rings. The lowest BCUT2D eigenvalue weighted by Crippen LogP contribution is -2.49. The maximum absolute atomic E-state index is 13.0. The normalized spacial score (nSPS) is 15.1. The second kappa shape index (κ2) is 6.06. The van der Waals surface area contributed by atoms with Gasteiger partial charge in [-0.15, -0.1) is 0 Å².